The van der Waals surface area contributed by atoms with Crippen LogP contribution in [0.4, 0.5) is 5.69 Å². The van der Waals surface area contributed by atoms with E-state index in [9.17, 15) is 13.2 Å². The van der Waals surface area contributed by atoms with Crippen LogP contribution in [0.25, 0.3) is 0 Å². The van der Waals surface area contributed by atoms with E-state index in [1.54, 1.807) is 18.2 Å². The molecule has 1 saturated heterocycles. The normalized spacial score (nSPS) is 15.8. The van der Waals surface area contributed by atoms with E-state index in [1.807, 2.05) is 6.92 Å². The molecular formula is C16H19ClN4O4S. The number of carbonyl (C=O) groups is 1. The van der Waals surface area contributed by atoms with Crippen LogP contribution in [0.3, 0.4) is 0 Å². The molecule has 10 heteroatoms. The van der Waals surface area contributed by atoms with Crippen LogP contribution in [-0.4, -0.2) is 54.5 Å². The van der Waals surface area contributed by atoms with E-state index in [4.69, 9.17) is 16.3 Å². The fourth-order valence-corrected chi connectivity index (χ4v) is 4.09. The number of amides is 1. The Morgan fingerprint density at radius 3 is 2.81 bits per heavy atom. The Bertz CT molecular complexity index is 907. The number of rotatable bonds is 5. The lowest BCUT2D eigenvalue weighted by Crippen LogP contribution is -2.40. The number of nitrogens with zero attached hydrogens (tertiary/aromatic N) is 3. The summed E-state index contributed by atoms with van der Waals surface area (Å²) in [5.41, 5.74) is 1.38. The average Bonchev–Trinajstić information content (AvgIpc) is 3.09. The van der Waals surface area contributed by atoms with Crippen molar-refractivity contribution in [1.29, 1.82) is 0 Å². The number of ether oxygens (including phenoxy) is 1. The molecule has 1 aliphatic heterocycles. The highest BCUT2D eigenvalue weighted by molar-refractivity contribution is 7.89. The number of hydrogen-bond donors (Lipinski definition) is 1. The number of benzene rings is 1. The average molecular weight is 399 g/mol. The van der Waals surface area contributed by atoms with Crippen molar-refractivity contribution in [3.63, 3.8) is 0 Å². The fraction of sp³-hybridized carbons (Fsp3) is 0.375. The second-order valence-corrected chi connectivity index (χ2v) is 8.15. The highest BCUT2D eigenvalue weighted by Crippen LogP contribution is 2.23. The Labute approximate surface area is 156 Å². The van der Waals surface area contributed by atoms with E-state index in [2.05, 4.69) is 10.3 Å². The van der Waals surface area contributed by atoms with Crippen molar-refractivity contribution in [2.24, 2.45) is 0 Å². The molecule has 0 atom stereocenters. The van der Waals surface area contributed by atoms with Crippen LogP contribution in [0, 0.1) is 6.92 Å². The summed E-state index contributed by atoms with van der Waals surface area (Å²) in [7, 11) is -3.68. The molecule has 0 saturated carbocycles. The van der Waals surface area contributed by atoms with Crippen LogP contribution in [-0.2, 0) is 26.1 Å². The molecular weight excluding hydrogens is 380 g/mol. The smallest absolute Gasteiger partial charge is 0.262 e. The molecule has 1 aliphatic rings. The van der Waals surface area contributed by atoms with Crippen molar-refractivity contribution in [2.45, 2.75) is 18.5 Å². The zero-order chi connectivity index (χ0) is 18.7. The molecule has 2 heterocycles. The SMILES string of the molecule is Cc1c(Cl)cccc1NC(=O)Cn1cnc(S(=O)(=O)N2CCOCC2)c1. The van der Waals surface area contributed by atoms with Gasteiger partial charge >= 0.3 is 0 Å². The van der Waals surface area contributed by atoms with Crippen LogP contribution < -0.4 is 5.32 Å². The zero-order valence-electron chi connectivity index (χ0n) is 14.2. The number of carbonyl (C=O) groups excluding carboxylic acids is 1. The van der Waals surface area contributed by atoms with Gasteiger partial charge in [-0.15, -0.1) is 0 Å². The molecule has 1 fully saturated rings. The Hall–Kier alpha value is -1.94. The van der Waals surface area contributed by atoms with Crippen molar-refractivity contribution >= 4 is 33.2 Å². The van der Waals surface area contributed by atoms with Gasteiger partial charge in [0.1, 0.15) is 6.54 Å². The number of halogens is 1. The lowest BCUT2D eigenvalue weighted by molar-refractivity contribution is -0.116. The van der Waals surface area contributed by atoms with E-state index < -0.39 is 10.0 Å². The molecule has 1 N–H and O–H groups in total. The highest BCUT2D eigenvalue weighted by atomic mass is 35.5. The van der Waals surface area contributed by atoms with E-state index in [0.717, 1.165) is 5.56 Å². The van der Waals surface area contributed by atoms with Crippen LogP contribution >= 0.6 is 11.6 Å². The van der Waals surface area contributed by atoms with Gasteiger partial charge in [0.15, 0.2) is 5.03 Å². The van der Waals surface area contributed by atoms with Crippen molar-refractivity contribution in [2.75, 3.05) is 31.6 Å². The van der Waals surface area contributed by atoms with Gasteiger partial charge in [-0.2, -0.15) is 4.31 Å². The van der Waals surface area contributed by atoms with Crippen molar-refractivity contribution in [3.8, 4) is 0 Å². The molecule has 2 aromatic rings. The summed E-state index contributed by atoms with van der Waals surface area (Å²) in [6.07, 6.45) is 2.69. The Morgan fingerprint density at radius 2 is 2.08 bits per heavy atom. The lowest BCUT2D eigenvalue weighted by Gasteiger charge is -2.24. The standard InChI is InChI=1S/C16H19ClN4O4S/c1-12-13(17)3-2-4-14(12)19-15(22)9-20-10-16(18-11-20)26(23,24)21-5-7-25-8-6-21/h2-4,10-11H,5-9H2,1H3,(H,19,22). The topological polar surface area (TPSA) is 93.5 Å². The minimum Gasteiger partial charge on any atom is -0.379 e. The lowest BCUT2D eigenvalue weighted by atomic mass is 10.2. The van der Waals surface area contributed by atoms with Crippen LogP contribution in [0.15, 0.2) is 35.7 Å². The zero-order valence-corrected chi connectivity index (χ0v) is 15.8. The highest BCUT2D eigenvalue weighted by Gasteiger charge is 2.28. The first-order valence-corrected chi connectivity index (χ1v) is 9.84. The fourth-order valence-electron chi connectivity index (χ4n) is 2.58. The van der Waals surface area contributed by atoms with Gasteiger partial charge < -0.3 is 14.6 Å². The maximum absolute atomic E-state index is 12.5. The van der Waals surface area contributed by atoms with Crippen molar-refractivity contribution in [3.05, 3.63) is 41.3 Å². The quantitative estimate of drug-likeness (QED) is 0.823. The third-order valence-electron chi connectivity index (χ3n) is 4.05. The predicted molar refractivity (Wildman–Crippen MR) is 96.6 cm³/mol. The third kappa shape index (κ3) is 4.07. The second-order valence-electron chi connectivity index (χ2n) is 5.86. The van der Waals surface area contributed by atoms with Crippen LogP contribution in [0.2, 0.25) is 5.02 Å². The molecule has 8 nitrogen and oxygen atoms in total. The van der Waals surface area contributed by atoms with Crippen LogP contribution in [0.1, 0.15) is 5.56 Å². The molecule has 1 aromatic carbocycles. The summed E-state index contributed by atoms with van der Waals surface area (Å²) >= 11 is 6.04. The van der Waals surface area contributed by atoms with Gasteiger partial charge in [-0.1, -0.05) is 17.7 Å². The Morgan fingerprint density at radius 1 is 1.35 bits per heavy atom. The maximum Gasteiger partial charge on any atom is 0.262 e. The Balaban J connectivity index is 1.68. The largest absolute Gasteiger partial charge is 0.379 e. The number of anilines is 1. The summed E-state index contributed by atoms with van der Waals surface area (Å²) in [5, 5.41) is 3.24. The van der Waals surface area contributed by atoms with Gasteiger partial charge in [-0.05, 0) is 24.6 Å². The molecule has 0 radical (unpaired) electrons. The number of aromatic nitrogens is 2. The molecule has 0 aliphatic carbocycles. The third-order valence-corrected chi connectivity index (χ3v) is 6.25. The molecule has 140 valence electrons. The minimum absolute atomic E-state index is 0.0580. The Kier molecular flexibility index (Phi) is 5.61. The first-order chi connectivity index (χ1) is 12.4. The number of morpholine rings is 1. The first kappa shape index (κ1) is 18.8. The molecule has 0 spiro atoms. The molecule has 1 amide bonds. The molecule has 1 aromatic heterocycles. The van der Waals surface area contributed by atoms with Gasteiger partial charge in [0.2, 0.25) is 5.91 Å². The van der Waals surface area contributed by atoms with E-state index in [0.29, 0.717) is 37.0 Å². The monoisotopic (exact) mass is 398 g/mol. The first-order valence-electron chi connectivity index (χ1n) is 8.02. The molecule has 3 rings (SSSR count). The molecule has 0 bridgehead atoms. The van der Waals surface area contributed by atoms with E-state index in [1.165, 1.54) is 21.4 Å². The van der Waals surface area contributed by atoms with Gasteiger partial charge in [0.05, 0.1) is 19.5 Å². The molecule has 26 heavy (non-hydrogen) atoms. The van der Waals surface area contributed by atoms with Gasteiger partial charge in [0.25, 0.3) is 10.0 Å². The van der Waals surface area contributed by atoms with Crippen molar-refractivity contribution < 1.29 is 17.9 Å². The number of hydrogen-bond acceptors (Lipinski definition) is 5. The van der Waals surface area contributed by atoms with Gasteiger partial charge in [-0.3, -0.25) is 4.79 Å². The van der Waals surface area contributed by atoms with Crippen molar-refractivity contribution in [1.82, 2.24) is 13.9 Å². The summed E-state index contributed by atoms with van der Waals surface area (Å²) < 4.78 is 33.0. The van der Waals surface area contributed by atoms with Crippen LogP contribution in [0.5, 0.6) is 0 Å². The summed E-state index contributed by atoms with van der Waals surface area (Å²) in [6.45, 7) is 3.07. The summed E-state index contributed by atoms with van der Waals surface area (Å²) in [4.78, 5) is 16.2. The maximum atomic E-state index is 12.5. The van der Waals surface area contributed by atoms with E-state index in [-0.39, 0.29) is 17.5 Å². The summed E-state index contributed by atoms with van der Waals surface area (Å²) in [6, 6.07) is 5.24. The summed E-state index contributed by atoms with van der Waals surface area (Å²) in [5.74, 6) is -0.303. The van der Waals surface area contributed by atoms with Gasteiger partial charge in [0, 0.05) is 30.0 Å². The number of sulfonamides is 1. The van der Waals surface area contributed by atoms with Gasteiger partial charge in [-0.25, -0.2) is 13.4 Å². The minimum atomic E-state index is -3.68. The number of imidazole rings is 1. The second kappa shape index (κ2) is 7.75. The number of nitrogens with one attached hydrogen (secondary N) is 1. The predicted octanol–water partition coefficient (Wildman–Crippen LogP) is 1.50. The molecule has 0 unspecified atom stereocenters. The van der Waals surface area contributed by atoms with E-state index >= 15 is 0 Å².